The van der Waals surface area contributed by atoms with Crippen molar-refractivity contribution >= 4 is 34.9 Å². The summed E-state index contributed by atoms with van der Waals surface area (Å²) in [6.45, 7) is 0. The normalized spacial score (nSPS) is 22.2. The molecule has 5 aliphatic rings. The van der Waals surface area contributed by atoms with E-state index in [1.54, 1.807) is 0 Å². The third kappa shape index (κ3) is 3.86. The van der Waals surface area contributed by atoms with Crippen LogP contribution in [0.1, 0.15) is 66.4 Å². The van der Waals surface area contributed by atoms with E-state index in [2.05, 4.69) is 193 Å². The highest BCUT2D eigenvalue weighted by Gasteiger charge is 2.59. The van der Waals surface area contributed by atoms with Gasteiger partial charge < -0.3 is 10.6 Å². The number of hydrogen-bond donors (Lipinski definition) is 2. The summed E-state index contributed by atoms with van der Waals surface area (Å²) in [4.78, 5) is 2.61. The van der Waals surface area contributed by atoms with Crippen LogP contribution in [-0.4, -0.2) is 0 Å². The number of nitrogens with one attached hydrogen (secondary N) is 2. The van der Waals surface area contributed by atoms with E-state index in [-0.39, 0.29) is 10.7 Å². The van der Waals surface area contributed by atoms with Crippen molar-refractivity contribution in [3.63, 3.8) is 0 Å². The van der Waals surface area contributed by atoms with E-state index in [0.717, 1.165) is 0 Å². The molecule has 2 N–H and O–H groups in total. The van der Waals surface area contributed by atoms with E-state index < -0.39 is 10.8 Å². The second-order valence-corrected chi connectivity index (χ2v) is 17.9. The van der Waals surface area contributed by atoms with Crippen LogP contribution in [0, 0.1) is 0 Å². The van der Waals surface area contributed by atoms with Crippen LogP contribution in [-0.2, 0) is 10.8 Å². The van der Waals surface area contributed by atoms with Gasteiger partial charge in [0.1, 0.15) is 10.7 Å². The number of anilines is 2. The molecule has 2 unspecified atom stereocenters. The summed E-state index contributed by atoms with van der Waals surface area (Å²) < 4.78 is 0. The van der Waals surface area contributed by atoms with Crippen LogP contribution in [0.5, 0.6) is 0 Å². The lowest BCUT2D eigenvalue weighted by atomic mass is 9.52. The van der Waals surface area contributed by atoms with Gasteiger partial charge in [0.2, 0.25) is 0 Å². The monoisotopic (exact) mass is 750 g/mol. The van der Waals surface area contributed by atoms with E-state index in [9.17, 15) is 0 Å². The Balaban J connectivity index is 1.09. The minimum Gasteiger partial charge on any atom is -0.368 e. The average Bonchev–Trinajstić information content (AvgIpc) is 4.03. The van der Waals surface area contributed by atoms with Crippen molar-refractivity contribution in [3.8, 4) is 22.3 Å². The molecule has 8 aromatic rings. The van der Waals surface area contributed by atoms with E-state index in [4.69, 9.17) is 0 Å². The first-order valence-corrected chi connectivity index (χ1v) is 21.2. The third-order valence-corrected chi connectivity index (χ3v) is 15.5. The lowest BCUT2D eigenvalue weighted by Gasteiger charge is -2.49. The van der Waals surface area contributed by atoms with Gasteiger partial charge in [-0.2, -0.15) is 0 Å². The Bertz CT molecular complexity index is 2680. The van der Waals surface area contributed by atoms with Gasteiger partial charge >= 0.3 is 0 Å². The van der Waals surface area contributed by atoms with Gasteiger partial charge in [-0.3, -0.25) is 0 Å². The van der Waals surface area contributed by atoms with Crippen molar-refractivity contribution in [1.82, 2.24) is 0 Å². The quantitative estimate of drug-likeness (QED) is 0.184. The molecule has 0 saturated carbocycles. The molecule has 0 aromatic heterocycles. The summed E-state index contributed by atoms with van der Waals surface area (Å²) in [5.41, 5.74) is 20.2. The van der Waals surface area contributed by atoms with Crippen molar-refractivity contribution < 1.29 is 0 Å². The number of thioether (sulfide) groups is 2. The average molecular weight is 751 g/mol. The molecular weight excluding hydrogens is 717 g/mol. The molecule has 2 nitrogen and oxygen atoms in total. The summed E-state index contributed by atoms with van der Waals surface area (Å²) >= 11 is 3.83. The summed E-state index contributed by atoms with van der Waals surface area (Å²) in [7, 11) is 0. The second kappa shape index (κ2) is 11.3. The minimum absolute atomic E-state index is 0.138. The summed E-state index contributed by atoms with van der Waals surface area (Å²) in [5.74, 6) is 0. The van der Waals surface area contributed by atoms with Gasteiger partial charge in [-0.05, 0) is 102 Å². The molecule has 3 aliphatic carbocycles. The topological polar surface area (TPSA) is 24.1 Å². The van der Waals surface area contributed by atoms with Gasteiger partial charge in [-0.25, -0.2) is 0 Å². The fourth-order valence-electron chi connectivity index (χ4n) is 10.9. The molecule has 2 atom stereocenters. The van der Waals surface area contributed by atoms with Crippen molar-refractivity contribution in [1.29, 1.82) is 0 Å². The van der Waals surface area contributed by atoms with Crippen LogP contribution in [0.15, 0.2) is 192 Å². The first-order valence-electron chi connectivity index (χ1n) is 19.5. The molecule has 8 aromatic carbocycles. The zero-order valence-electron chi connectivity index (χ0n) is 30.3. The molecule has 56 heavy (non-hydrogen) atoms. The van der Waals surface area contributed by atoms with E-state index in [0.29, 0.717) is 0 Å². The standard InChI is InChI=1S/C52H34N2S2/c1-3-15-37-33(13-1)35-27-25-31(49-53-45-21-9-11-23-47(45)55-49)29-43(35)51(37)39-17-5-7-19-41(39)52(42-20-8-6-18-40(42)51)38-16-4-2-14-34(38)36-28-26-32(30-44(36)52)50-54-46-22-10-12-24-48(46)56-50/h1-30,49-50,53-54H. The van der Waals surface area contributed by atoms with Crippen LogP contribution in [0.25, 0.3) is 22.3 Å². The first-order chi connectivity index (χ1) is 27.7. The van der Waals surface area contributed by atoms with Crippen LogP contribution < -0.4 is 10.6 Å². The van der Waals surface area contributed by atoms with Crippen molar-refractivity contribution in [2.45, 2.75) is 31.4 Å². The van der Waals surface area contributed by atoms with Crippen LogP contribution >= 0.6 is 23.5 Å². The van der Waals surface area contributed by atoms with E-state index >= 15 is 0 Å². The Hall–Kier alpha value is -5.94. The van der Waals surface area contributed by atoms with Gasteiger partial charge in [-0.15, -0.1) is 0 Å². The van der Waals surface area contributed by atoms with Gasteiger partial charge in [0.15, 0.2) is 0 Å². The number of benzene rings is 8. The molecule has 2 aliphatic heterocycles. The molecule has 0 radical (unpaired) electrons. The number of hydrogen-bond acceptors (Lipinski definition) is 4. The summed E-state index contributed by atoms with van der Waals surface area (Å²) in [6.07, 6.45) is 0. The van der Waals surface area contributed by atoms with Crippen molar-refractivity contribution in [2.75, 3.05) is 10.6 Å². The van der Waals surface area contributed by atoms with Gasteiger partial charge in [0.05, 0.1) is 10.8 Å². The van der Waals surface area contributed by atoms with Gasteiger partial charge in [0, 0.05) is 21.2 Å². The largest absolute Gasteiger partial charge is 0.368 e. The lowest BCUT2D eigenvalue weighted by molar-refractivity contribution is 0.632. The Morgan fingerprint density at radius 1 is 0.321 bits per heavy atom. The number of fused-ring (bicyclic) bond motifs is 18. The molecule has 0 amide bonds. The Morgan fingerprint density at radius 3 is 1.07 bits per heavy atom. The molecule has 0 saturated heterocycles. The molecule has 264 valence electrons. The van der Waals surface area contributed by atoms with Gasteiger partial charge in [-0.1, -0.05) is 181 Å². The molecule has 2 heterocycles. The van der Waals surface area contributed by atoms with Crippen LogP contribution in [0.4, 0.5) is 11.4 Å². The Kier molecular flexibility index (Phi) is 6.32. The lowest BCUT2D eigenvalue weighted by Crippen LogP contribution is -2.43. The summed E-state index contributed by atoms with van der Waals surface area (Å²) in [5, 5.41) is 7.97. The maximum atomic E-state index is 3.84. The minimum atomic E-state index is -0.504. The Morgan fingerprint density at radius 2 is 0.661 bits per heavy atom. The van der Waals surface area contributed by atoms with E-state index in [1.165, 1.54) is 99.1 Å². The highest BCUT2D eigenvalue weighted by atomic mass is 32.2. The number of rotatable bonds is 2. The molecule has 2 spiro atoms. The molecular formula is C52H34N2S2. The second-order valence-electron chi connectivity index (χ2n) is 15.6. The highest BCUT2D eigenvalue weighted by Crippen LogP contribution is 2.68. The van der Waals surface area contributed by atoms with Crippen LogP contribution in [0.3, 0.4) is 0 Å². The SMILES string of the molecule is c1ccc2c(c1)NC(c1ccc3c(c1)C1(c4ccccc4-3)c3ccccc3C3(c4ccccc4-c4ccc(C5Nc6ccccc6S5)cc43)c3ccccc31)S2. The van der Waals surface area contributed by atoms with Crippen LogP contribution in [0.2, 0.25) is 0 Å². The third-order valence-electron chi connectivity index (χ3n) is 13.1. The number of para-hydroxylation sites is 2. The summed E-state index contributed by atoms with van der Waals surface area (Å²) in [6, 6.07) is 69.2. The van der Waals surface area contributed by atoms with Gasteiger partial charge in [0.25, 0.3) is 0 Å². The Labute approximate surface area is 335 Å². The maximum absolute atomic E-state index is 3.84. The smallest absolute Gasteiger partial charge is 0.103 e. The maximum Gasteiger partial charge on any atom is 0.103 e. The fourth-order valence-corrected chi connectivity index (χ4v) is 13.2. The molecule has 4 heteroatoms. The zero-order valence-corrected chi connectivity index (χ0v) is 31.9. The van der Waals surface area contributed by atoms with Crippen molar-refractivity contribution in [2.24, 2.45) is 0 Å². The predicted molar refractivity (Wildman–Crippen MR) is 232 cm³/mol. The molecule has 0 bridgehead atoms. The molecule has 13 rings (SSSR count). The van der Waals surface area contributed by atoms with E-state index in [1.807, 2.05) is 23.5 Å². The molecule has 0 fully saturated rings. The zero-order chi connectivity index (χ0) is 36.6. The predicted octanol–water partition coefficient (Wildman–Crippen LogP) is 13.2. The highest BCUT2D eigenvalue weighted by molar-refractivity contribution is 8.00. The van der Waals surface area contributed by atoms with Crippen molar-refractivity contribution in [3.05, 3.63) is 238 Å². The first kappa shape index (κ1) is 31.3. The fraction of sp³-hybridized carbons (Fsp3) is 0.0769.